The number of hydrogen-bond acceptors (Lipinski definition) is 2. The summed E-state index contributed by atoms with van der Waals surface area (Å²) < 4.78 is 12.2. The minimum atomic E-state index is -0.280. The Kier molecular flexibility index (Phi) is 4.91. The van der Waals surface area contributed by atoms with Gasteiger partial charge < -0.3 is 9.47 Å². The molecule has 4 aliphatic carbocycles. The second-order valence-electron chi connectivity index (χ2n) is 10.1. The molecule has 0 amide bonds. The SMILES string of the molecule is CC.CC1=CCC2C3CC(C)=C4CC5(CCC4(C)C3CCC12C)OCCO5. The molecule has 0 aromatic rings. The van der Waals surface area contributed by atoms with Crippen LogP contribution in [0.15, 0.2) is 22.8 Å². The molecule has 5 unspecified atom stereocenters. The molecule has 0 aromatic heterocycles. The van der Waals surface area contributed by atoms with Gasteiger partial charge in [-0.1, -0.05) is 50.5 Å². The lowest BCUT2D eigenvalue weighted by atomic mass is 9.46. The van der Waals surface area contributed by atoms with Crippen LogP contribution in [0.25, 0.3) is 0 Å². The number of fused-ring (bicyclic) bond motifs is 5. The van der Waals surface area contributed by atoms with Crippen molar-refractivity contribution in [3.63, 3.8) is 0 Å². The zero-order valence-electron chi connectivity index (χ0n) is 18.5. The molecule has 152 valence electrons. The third-order valence-corrected chi connectivity index (χ3v) is 9.26. The van der Waals surface area contributed by atoms with Crippen molar-refractivity contribution < 1.29 is 9.47 Å². The van der Waals surface area contributed by atoms with Gasteiger partial charge in [-0.3, -0.25) is 0 Å². The second kappa shape index (κ2) is 6.73. The van der Waals surface area contributed by atoms with Gasteiger partial charge in [-0.05, 0) is 74.5 Å². The summed E-state index contributed by atoms with van der Waals surface area (Å²) in [6.45, 7) is 15.5. The van der Waals surface area contributed by atoms with Crippen LogP contribution in [0.5, 0.6) is 0 Å². The van der Waals surface area contributed by atoms with Crippen LogP contribution >= 0.6 is 0 Å². The first-order valence-electron chi connectivity index (χ1n) is 11.5. The van der Waals surface area contributed by atoms with Gasteiger partial charge in [-0.25, -0.2) is 0 Å². The smallest absolute Gasteiger partial charge is 0.172 e. The second-order valence-corrected chi connectivity index (χ2v) is 10.1. The minimum absolute atomic E-state index is 0.280. The molecule has 0 N–H and O–H groups in total. The molecule has 5 atom stereocenters. The van der Waals surface area contributed by atoms with Gasteiger partial charge in [0, 0.05) is 12.8 Å². The molecule has 3 fully saturated rings. The van der Waals surface area contributed by atoms with Gasteiger partial charge in [0.1, 0.15) is 0 Å². The van der Waals surface area contributed by atoms with E-state index in [0.29, 0.717) is 10.8 Å². The molecule has 2 heteroatoms. The van der Waals surface area contributed by atoms with E-state index in [0.717, 1.165) is 43.8 Å². The molecular weight excluding hydrogens is 332 g/mol. The Balaban J connectivity index is 0.000000872. The standard InChI is InChI=1S/C23H34O2.C2H6/c1-15-13-17-18-6-5-16(2)21(18,3)8-7-19(17)22(4)9-10-23(14-20(15)22)24-11-12-25-23;1-2/h5,17-19H,6-14H2,1-4H3;1-2H3. The third kappa shape index (κ3) is 2.73. The fourth-order valence-corrected chi connectivity index (χ4v) is 7.57. The molecule has 5 aliphatic rings. The van der Waals surface area contributed by atoms with E-state index >= 15 is 0 Å². The first-order chi connectivity index (χ1) is 12.9. The number of ether oxygens (including phenoxy) is 2. The van der Waals surface area contributed by atoms with Crippen LogP contribution in [0.3, 0.4) is 0 Å². The van der Waals surface area contributed by atoms with E-state index in [1.807, 2.05) is 13.8 Å². The summed E-state index contributed by atoms with van der Waals surface area (Å²) in [6.07, 6.45) is 11.3. The van der Waals surface area contributed by atoms with Gasteiger partial charge in [-0.15, -0.1) is 0 Å². The van der Waals surface area contributed by atoms with Gasteiger partial charge in [0.2, 0.25) is 0 Å². The van der Waals surface area contributed by atoms with Gasteiger partial charge in [0.05, 0.1) is 13.2 Å². The largest absolute Gasteiger partial charge is 0.347 e. The molecule has 2 nitrogen and oxygen atoms in total. The van der Waals surface area contributed by atoms with Crippen molar-refractivity contribution in [1.82, 2.24) is 0 Å². The molecule has 0 radical (unpaired) electrons. The predicted octanol–water partition coefficient (Wildman–Crippen LogP) is 6.66. The van der Waals surface area contributed by atoms with E-state index in [1.54, 1.807) is 16.7 Å². The number of hydrogen-bond donors (Lipinski definition) is 0. The van der Waals surface area contributed by atoms with E-state index in [-0.39, 0.29) is 5.79 Å². The molecule has 1 spiro atoms. The zero-order chi connectivity index (χ0) is 19.4. The highest BCUT2D eigenvalue weighted by Gasteiger charge is 2.59. The van der Waals surface area contributed by atoms with Gasteiger partial charge in [0.25, 0.3) is 0 Å². The lowest BCUT2D eigenvalue weighted by Gasteiger charge is -2.59. The van der Waals surface area contributed by atoms with Gasteiger partial charge >= 0.3 is 0 Å². The van der Waals surface area contributed by atoms with E-state index in [1.165, 1.54) is 32.1 Å². The third-order valence-electron chi connectivity index (χ3n) is 9.26. The average Bonchev–Trinajstić information content (AvgIpc) is 3.24. The Morgan fingerprint density at radius 2 is 1.63 bits per heavy atom. The molecule has 0 bridgehead atoms. The van der Waals surface area contributed by atoms with Crippen molar-refractivity contribution in [1.29, 1.82) is 0 Å². The highest BCUT2D eigenvalue weighted by Crippen LogP contribution is 2.66. The normalized spacial score (nSPS) is 44.8. The fraction of sp³-hybridized carbons (Fsp3) is 0.840. The summed E-state index contributed by atoms with van der Waals surface area (Å²) in [6, 6.07) is 0. The van der Waals surface area contributed by atoms with Gasteiger partial charge in [-0.2, -0.15) is 0 Å². The topological polar surface area (TPSA) is 18.5 Å². The highest BCUT2D eigenvalue weighted by molar-refractivity contribution is 5.33. The summed E-state index contributed by atoms with van der Waals surface area (Å²) in [7, 11) is 0. The fourth-order valence-electron chi connectivity index (χ4n) is 7.57. The van der Waals surface area contributed by atoms with Crippen LogP contribution in [0.4, 0.5) is 0 Å². The first-order valence-corrected chi connectivity index (χ1v) is 11.5. The van der Waals surface area contributed by atoms with Crippen LogP contribution in [-0.2, 0) is 9.47 Å². The molecule has 1 saturated heterocycles. The van der Waals surface area contributed by atoms with E-state index in [2.05, 4.69) is 33.8 Å². The average molecular weight is 373 g/mol. The molecular formula is C25H40O2. The maximum atomic E-state index is 6.09. The molecule has 0 aromatic carbocycles. The van der Waals surface area contributed by atoms with Crippen LogP contribution < -0.4 is 0 Å². The van der Waals surface area contributed by atoms with E-state index in [4.69, 9.17) is 9.47 Å². The Morgan fingerprint density at radius 1 is 0.926 bits per heavy atom. The van der Waals surface area contributed by atoms with Crippen molar-refractivity contribution >= 4 is 0 Å². The van der Waals surface area contributed by atoms with Crippen molar-refractivity contribution in [3.05, 3.63) is 22.8 Å². The van der Waals surface area contributed by atoms with Gasteiger partial charge in [0.15, 0.2) is 5.79 Å². The van der Waals surface area contributed by atoms with E-state index < -0.39 is 0 Å². The maximum Gasteiger partial charge on any atom is 0.172 e. The lowest BCUT2D eigenvalue weighted by molar-refractivity contribution is -0.185. The summed E-state index contributed by atoms with van der Waals surface area (Å²) in [5, 5.41) is 0. The number of rotatable bonds is 0. The summed E-state index contributed by atoms with van der Waals surface area (Å²) in [5.74, 6) is 2.33. The Hall–Kier alpha value is -0.600. The monoisotopic (exact) mass is 372 g/mol. The van der Waals surface area contributed by atoms with Crippen LogP contribution in [-0.4, -0.2) is 19.0 Å². The van der Waals surface area contributed by atoms with Crippen LogP contribution in [0.2, 0.25) is 0 Å². The summed E-state index contributed by atoms with van der Waals surface area (Å²) in [4.78, 5) is 0. The predicted molar refractivity (Wildman–Crippen MR) is 111 cm³/mol. The van der Waals surface area contributed by atoms with E-state index in [9.17, 15) is 0 Å². The quantitative estimate of drug-likeness (QED) is 0.442. The van der Waals surface area contributed by atoms with Crippen LogP contribution in [0, 0.1) is 28.6 Å². The highest BCUT2D eigenvalue weighted by atomic mass is 16.7. The lowest BCUT2D eigenvalue weighted by Crippen LogP contribution is -2.52. The molecule has 5 rings (SSSR count). The Morgan fingerprint density at radius 3 is 2.33 bits per heavy atom. The minimum Gasteiger partial charge on any atom is -0.347 e. The number of allylic oxidation sites excluding steroid dienone is 3. The molecule has 1 heterocycles. The van der Waals surface area contributed by atoms with Crippen molar-refractivity contribution in [2.24, 2.45) is 28.6 Å². The maximum absolute atomic E-state index is 6.09. The van der Waals surface area contributed by atoms with Crippen molar-refractivity contribution in [3.8, 4) is 0 Å². The van der Waals surface area contributed by atoms with Crippen molar-refractivity contribution in [2.75, 3.05) is 13.2 Å². The summed E-state index contributed by atoms with van der Waals surface area (Å²) >= 11 is 0. The Bertz CT molecular complexity index is 653. The molecule has 1 aliphatic heterocycles. The van der Waals surface area contributed by atoms with Crippen LogP contribution in [0.1, 0.15) is 86.5 Å². The Labute approximate surface area is 166 Å². The molecule has 27 heavy (non-hydrogen) atoms. The zero-order valence-corrected chi connectivity index (χ0v) is 18.5. The first kappa shape index (κ1) is 19.7. The summed E-state index contributed by atoms with van der Waals surface area (Å²) in [5.41, 5.74) is 5.89. The molecule has 2 saturated carbocycles. The van der Waals surface area contributed by atoms with Crippen molar-refractivity contribution in [2.45, 2.75) is 92.3 Å².